The minimum absolute atomic E-state index is 0.0192. The molecule has 0 fully saturated rings. The van der Waals surface area contributed by atoms with E-state index in [9.17, 15) is 9.90 Å². The van der Waals surface area contributed by atoms with Crippen molar-refractivity contribution in [3.63, 3.8) is 0 Å². The van der Waals surface area contributed by atoms with Gasteiger partial charge in [-0.2, -0.15) is 0 Å². The summed E-state index contributed by atoms with van der Waals surface area (Å²) in [5.41, 5.74) is 3.12. The predicted molar refractivity (Wildman–Crippen MR) is 94.8 cm³/mol. The first-order valence-corrected chi connectivity index (χ1v) is 7.94. The van der Waals surface area contributed by atoms with Crippen molar-refractivity contribution in [2.75, 3.05) is 21.3 Å². The molecule has 5 heteroatoms. The van der Waals surface area contributed by atoms with Crippen molar-refractivity contribution in [3.8, 4) is 23.0 Å². The number of Topliss-reactive ketones (excluding diaryl/α,β-unsaturated/α-hetero) is 1. The summed E-state index contributed by atoms with van der Waals surface area (Å²) in [7, 11) is 4.63. The number of ether oxygens (including phenoxy) is 3. The Morgan fingerprint density at radius 1 is 0.920 bits per heavy atom. The number of aromatic hydroxyl groups is 1. The van der Waals surface area contributed by atoms with Gasteiger partial charge in [0.25, 0.3) is 0 Å². The van der Waals surface area contributed by atoms with Gasteiger partial charge < -0.3 is 19.3 Å². The maximum atomic E-state index is 12.9. The van der Waals surface area contributed by atoms with Gasteiger partial charge >= 0.3 is 0 Å². The van der Waals surface area contributed by atoms with Crippen LogP contribution >= 0.6 is 0 Å². The zero-order valence-corrected chi connectivity index (χ0v) is 14.5. The van der Waals surface area contributed by atoms with Gasteiger partial charge in [-0.15, -0.1) is 0 Å². The molecule has 0 spiro atoms. The average Bonchev–Trinajstić information content (AvgIpc) is 2.64. The lowest BCUT2D eigenvalue weighted by Gasteiger charge is -2.20. The maximum Gasteiger partial charge on any atom is 0.189 e. The highest BCUT2D eigenvalue weighted by atomic mass is 16.5. The molecule has 5 nitrogen and oxygen atoms in total. The first kappa shape index (κ1) is 16.9. The van der Waals surface area contributed by atoms with Crippen LogP contribution in [-0.2, 0) is 6.42 Å². The highest BCUT2D eigenvalue weighted by molar-refractivity contribution is 6.13. The van der Waals surface area contributed by atoms with Crippen LogP contribution in [0.5, 0.6) is 23.0 Å². The van der Waals surface area contributed by atoms with Crippen molar-refractivity contribution in [2.45, 2.75) is 12.8 Å². The molecule has 0 saturated carbocycles. The standard InChI is InChI=1S/C20H20O5/c1-23-17-9-12(4-7-16(17)21)8-14-6-5-13-10-18(24-2)19(25-3)11-15(13)20(14)22/h4,7-11,21H,5-6H2,1-3H3/b14-8+. The second-order valence-electron chi connectivity index (χ2n) is 5.79. The molecule has 0 amide bonds. The Kier molecular flexibility index (Phi) is 4.65. The molecule has 2 aromatic rings. The number of ketones is 1. The maximum absolute atomic E-state index is 12.9. The second kappa shape index (κ2) is 6.89. The monoisotopic (exact) mass is 340 g/mol. The Bertz CT molecular complexity index is 851. The minimum Gasteiger partial charge on any atom is -0.504 e. The van der Waals surface area contributed by atoms with Crippen molar-refractivity contribution in [2.24, 2.45) is 0 Å². The molecule has 25 heavy (non-hydrogen) atoms. The van der Waals surface area contributed by atoms with Crippen molar-refractivity contribution in [1.82, 2.24) is 0 Å². The fourth-order valence-electron chi connectivity index (χ4n) is 3.02. The van der Waals surface area contributed by atoms with E-state index in [-0.39, 0.29) is 11.5 Å². The molecular weight excluding hydrogens is 320 g/mol. The largest absolute Gasteiger partial charge is 0.504 e. The summed E-state index contributed by atoms with van der Waals surface area (Å²) in [5, 5.41) is 9.69. The van der Waals surface area contributed by atoms with Crippen molar-refractivity contribution in [1.29, 1.82) is 0 Å². The van der Waals surface area contributed by atoms with Crippen LogP contribution in [0, 0.1) is 0 Å². The smallest absolute Gasteiger partial charge is 0.189 e. The van der Waals surface area contributed by atoms with Crippen molar-refractivity contribution in [3.05, 3.63) is 52.6 Å². The third-order valence-corrected chi connectivity index (χ3v) is 4.35. The summed E-state index contributed by atoms with van der Waals surface area (Å²) in [6, 6.07) is 8.62. The Morgan fingerprint density at radius 3 is 2.28 bits per heavy atom. The first-order chi connectivity index (χ1) is 12.1. The Balaban J connectivity index is 1.98. The van der Waals surface area contributed by atoms with Crippen LogP contribution < -0.4 is 14.2 Å². The summed E-state index contributed by atoms with van der Waals surface area (Å²) >= 11 is 0. The molecule has 0 heterocycles. The molecule has 0 aromatic heterocycles. The number of methoxy groups -OCH3 is 3. The number of aryl methyl sites for hydroxylation is 1. The van der Waals surface area contributed by atoms with Gasteiger partial charge in [0, 0.05) is 11.1 Å². The zero-order valence-electron chi connectivity index (χ0n) is 14.5. The number of phenolic OH excluding ortho intramolecular Hbond substituents is 1. The van der Waals surface area contributed by atoms with Crippen LogP contribution in [0.4, 0.5) is 0 Å². The number of carbonyl (C=O) groups is 1. The SMILES string of the molecule is COc1cc(/C=C2\CCc3cc(OC)c(OC)cc3C2=O)ccc1O. The Labute approximate surface area is 146 Å². The number of phenols is 1. The summed E-state index contributed by atoms with van der Waals surface area (Å²) in [6.07, 6.45) is 3.23. The van der Waals surface area contributed by atoms with Gasteiger partial charge in [-0.05, 0) is 54.3 Å². The van der Waals surface area contributed by atoms with E-state index < -0.39 is 0 Å². The van der Waals surface area contributed by atoms with Crippen molar-refractivity contribution >= 4 is 11.9 Å². The van der Waals surface area contributed by atoms with Crippen molar-refractivity contribution < 1.29 is 24.1 Å². The molecule has 0 unspecified atom stereocenters. The van der Waals surface area contributed by atoms with Gasteiger partial charge in [-0.3, -0.25) is 4.79 Å². The molecule has 3 rings (SSSR count). The fraction of sp³-hybridized carbons (Fsp3) is 0.250. The number of benzene rings is 2. The van der Waals surface area contributed by atoms with Crippen LogP contribution in [0.1, 0.15) is 27.9 Å². The number of rotatable bonds is 4. The van der Waals surface area contributed by atoms with E-state index in [1.54, 1.807) is 38.5 Å². The van der Waals surface area contributed by atoms with E-state index >= 15 is 0 Å². The number of fused-ring (bicyclic) bond motifs is 1. The number of hydrogen-bond donors (Lipinski definition) is 1. The lowest BCUT2D eigenvalue weighted by Crippen LogP contribution is -2.14. The molecule has 1 aliphatic rings. The highest BCUT2D eigenvalue weighted by Gasteiger charge is 2.24. The van der Waals surface area contributed by atoms with E-state index in [2.05, 4.69) is 0 Å². The van der Waals surface area contributed by atoms with Gasteiger partial charge in [0.15, 0.2) is 28.8 Å². The van der Waals surface area contributed by atoms with E-state index in [4.69, 9.17) is 14.2 Å². The third kappa shape index (κ3) is 3.18. The predicted octanol–water partition coefficient (Wildman–Crippen LogP) is 3.63. The molecule has 0 bridgehead atoms. The molecule has 0 saturated heterocycles. The van der Waals surface area contributed by atoms with Gasteiger partial charge in [0.2, 0.25) is 0 Å². The molecular formula is C20H20O5. The van der Waals surface area contributed by atoms with Crippen LogP contribution in [0.2, 0.25) is 0 Å². The highest BCUT2D eigenvalue weighted by Crippen LogP contribution is 2.36. The van der Waals surface area contributed by atoms with Gasteiger partial charge in [0.05, 0.1) is 21.3 Å². The molecule has 0 radical (unpaired) electrons. The summed E-state index contributed by atoms with van der Waals surface area (Å²) in [4.78, 5) is 12.9. The third-order valence-electron chi connectivity index (χ3n) is 4.35. The lowest BCUT2D eigenvalue weighted by molar-refractivity contribution is 0.102. The minimum atomic E-state index is -0.0192. The van der Waals surface area contributed by atoms with Crippen LogP contribution in [0.15, 0.2) is 35.9 Å². The van der Waals surface area contributed by atoms with Gasteiger partial charge in [-0.1, -0.05) is 6.07 Å². The quantitative estimate of drug-likeness (QED) is 0.861. The fourth-order valence-corrected chi connectivity index (χ4v) is 3.02. The average molecular weight is 340 g/mol. The Morgan fingerprint density at radius 2 is 1.60 bits per heavy atom. The van der Waals surface area contributed by atoms with E-state index in [1.165, 1.54) is 7.11 Å². The first-order valence-electron chi connectivity index (χ1n) is 7.94. The molecule has 130 valence electrons. The molecule has 1 N–H and O–H groups in total. The molecule has 0 atom stereocenters. The number of carbonyl (C=O) groups excluding carboxylic acids is 1. The summed E-state index contributed by atoms with van der Waals surface area (Å²) in [6.45, 7) is 0. The van der Waals surface area contributed by atoms with Crippen LogP contribution in [0.3, 0.4) is 0 Å². The Hall–Kier alpha value is -2.95. The van der Waals surface area contributed by atoms with Crippen LogP contribution in [0.25, 0.3) is 6.08 Å². The van der Waals surface area contributed by atoms with E-state index in [0.717, 1.165) is 17.5 Å². The van der Waals surface area contributed by atoms with Gasteiger partial charge in [-0.25, -0.2) is 0 Å². The van der Waals surface area contributed by atoms with Gasteiger partial charge in [0.1, 0.15) is 0 Å². The number of allylic oxidation sites excluding steroid dienone is 1. The zero-order chi connectivity index (χ0) is 18.0. The normalized spacial score (nSPS) is 15.0. The second-order valence-corrected chi connectivity index (χ2v) is 5.79. The summed E-state index contributed by atoms with van der Waals surface area (Å²) < 4.78 is 15.7. The topological polar surface area (TPSA) is 65.0 Å². The molecule has 1 aliphatic carbocycles. The van der Waals surface area contributed by atoms with E-state index in [1.807, 2.05) is 12.1 Å². The van der Waals surface area contributed by atoms with E-state index in [0.29, 0.717) is 34.8 Å². The lowest BCUT2D eigenvalue weighted by atomic mass is 9.85. The number of hydrogen-bond acceptors (Lipinski definition) is 5. The summed E-state index contributed by atoms with van der Waals surface area (Å²) in [5.74, 6) is 1.60. The van der Waals surface area contributed by atoms with Crippen LogP contribution in [-0.4, -0.2) is 32.2 Å². The molecule has 0 aliphatic heterocycles. The molecule has 2 aromatic carbocycles.